The minimum atomic E-state index is -3.18. The summed E-state index contributed by atoms with van der Waals surface area (Å²) in [7, 11) is -3.18. The van der Waals surface area contributed by atoms with E-state index in [2.05, 4.69) is 44.7 Å². The van der Waals surface area contributed by atoms with Gasteiger partial charge in [0.25, 0.3) is 0 Å². The molecule has 5 nitrogen and oxygen atoms in total. The van der Waals surface area contributed by atoms with Crippen molar-refractivity contribution < 1.29 is 8.42 Å². The van der Waals surface area contributed by atoms with Crippen LogP contribution in [0.25, 0.3) is 0 Å². The Morgan fingerprint density at radius 3 is 2.71 bits per heavy atom. The third-order valence-electron chi connectivity index (χ3n) is 4.45. The summed E-state index contributed by atoms with van der Waals surface area (Å²) in [6, 6.07) is 14.7. The SMILES string of the molecule is CCCS(=O)(=O)NCC1Cn2cccc2CN1Cc1ccccc1. The van der Waals surface area contributed by atoms with E-state index < -0.39 is 10.0 Å². The topological polar surface area (TPSA) is 54.3 Å². The van der Waals surface area contributed by atoms with E-state index in [1.54, 1.807) is 0 Å². The smallest absolute Gasteiger partial charge is 0.211 e. The van der Waals surface area contributed by atoms with Crippen LogP contribution < -0.4 is 4.72 Å². The molecule has 6 heteroatoms. The van der Waals surface area contributed by atoms with Crippen LogP contribution in [-0.2, 0) is 29.7 Å². The molecule has 1 aromatic carbocycles. The number of hydrogen-bond acceptors (Lipinski definition) is 3. The highest BCUT2D eigenvalue weighted by molar-refractivity contribution is 7.89. The van der Waals surface area contributed by atoms with Gasteiger partial charge < -0.3 is 4.57 Å². The van der Waals surface area contributed by atoms with Crippen molar-refractivity contribution in [1.29, 1.82) is 0 Å². The molecule has 1 unspecified atom stereocenters. The molecule has 1 aromatic heterocycles. The number of benzene rings is 1. The van der Waals surface area contributed by atoms with Crippen molar-refractivity contribution in [3.8, 4) is 0 Å². The molecule has 0 spiro atoms. The fourth-order valence-corrected chi connectivity index (χ4v) is 4.34. The van der Waals surface area contributed by atoms with Crippen LogP contribution in [0.1, 0.15) is 24.6 Å². The summed E-state index contributed by atoms with van der Waals surface area (Å²) < 4.78 is 29.0. The molecule has 0 fully saturated rings. The second-order valence-corrected chi connectivity index (χ2v) is 8.29. The first-order valence-electron chi connectivity index (χ1n) is 8.47. The van der Waals surface area contributed by atoms with Gasteiger partial charge in [-0.1, -0.05) is 37.3 Å². The number of sulfonamides is 1. The van der Waals surface area contributed by atoms with E-state index in [9.17, 15) is 8.42 Å². The molecule has 24 heavy (non-hydrogen) atoms. The summed E-state index contributed by atoms with van der Waals surface area (Å²) in [5, 5.41) is 0. The van der Waals surface area contributed by atoms with Gasteiger partial charge in [-0.05, 0) is 24.1 Å². The predicted octanol–water partition coefficient (Wildman–Crippen LogP) is 2.20. The molecule has 3 rings (SSSR count). The van der Waals surface area contributed by atoms with Gasteiger partial charge in [-0.3, -0.25) is 4.90 Å². The molecule has 2 aromatic rings. The summed E-state index contributed by atoms with van der Waals surface area (Å²) in [4.78, 5) is 2.36. The number of hydrogen-bond donors (Lipinski definition) is 1. The summed E-state index contributed by atoms with van der Waals surface area (Å²) in [6.07, 6.45) is 2.71. The Morgan fingerprint density at radius 2 is 1.96 bits per heavy atom. The highest BCUT2D eigenvalue weighted by Crippen LogP contribution is 2.20. The Kier molecular flexibility index (Phi) is 5.38. The van der Waals surface area contributed by atoms with Gasteiger partial charge in [-0.15, -0.1) is 0 Å². The van der Waals surface area contributed by atoms with Gasteiger partial charge in [-0.2, -0.15) is 0 Å². The molecule has 1 atom stereocenters. The van der Waals surface area contributed by atoms with Crippen molar-refractivity contribution in [1.82, 2.24) is 14.2 Å². The first kappa shape index (κ1) is 17.2. The summed E-state index contributed by atoms with van der Waals surface area (Å²) >= 11 is 0. The van der Waals surface area contributed by atoms with Crippen LogP contribution in [0, 0.1) is 0 Å². The lowest BCUT2D eigenvalue weighted by molar-refractivity contribution is 0.133. The van der Waals surface area contributed by atoms with E-state index in [1.165, 1.54) is 11.3 Å². The van der Waals surface area contributed by atoms with Crippen LogP contribution in [0.15, 0.2) is 48.7 Å². The van der Waals surface area contributed by atoms with Gasteiger partial charge in [0.05, 0.1) is 5.75 Å². The Hall–Kier alpha value is -1.63. The third-order valence-corrected chi connectivity index (χ3v) is 6.00. The second-order valence-electron chi connectivity index (χ2n) is 6.36. The summed E-state index contributed by atoms with van der Waals surface area (Å²) in [5.74, 6) is 0.188. The van der Waals surface area contributed by atoms with Crippen molar-refractivity contribution in [2.75, 3.05) is 12.3 Å². The Labute approximate surface area is 144 Å². The average molecular weight is 347 g/mol. The van der Waals surface area contributed by atoms with Crippen molar-refractivity contribution in [2.45, 2.75) is 39.0 Å². The lowest BCUT2D eigenvalue weighted by Gasteiger charge is -2.37. The van der Waals surface area contributed by atoms with E-state index in [4.69, 9.17) is 0 Å². The van der Waals surface area contributed by atoms with Crippen molar-refractivity contribution in [2.24, 2.45) is 0 Å². The molecule has 1 aliphatic rings. The monoisotopic (exact) mass is 347 g/mol. The number of nitrogens with one attached hydrogen (secondary N) is 1. The maximum atomic E-state index is 12.0. The average Bonchev–Trinajstić information content (AvgIpc) is 3.01. The van der Waals surface area contributed by atoms with Gasteiger partial charge >= 0.3 is 0 Å². The fraction of sp³-hybridized carbons (Fsp3) is 0.444. The molecule has 0 saturated carbocycles. The molecule has 130 valence electrons. The Balaban J connectivity index is 1.73. The lowest BCUT2D eigenvalue weighted by Crippen LogP contribution is -2.48. The number of aromatic nitrogens is 1. The molecule has 0 saturated heterocycles. The van der Waals surface area contributed by atoms with Crippen molar-refractivity contribution >= 4 is 10.0 Å². The lowest BCUT2D eigenvalue weighted by atomic mass is 10.1. The van der Waals surface area contributed by atoms with Crippen LogP contribution >= 0.6 is 0 Å². The Morgan fingerprint density at radius 1 is 1.17 bits per heavy atom. The van der Waals surface area contributed by atoms with E-state index >= 15 is 0 Å². The zero-order valence-corrected chi connectivity index (χ0v) is 14.9. The van der Waals surface area contributed by atoms with Crippen LogP contribution in [0.3, 0.4) is 0 Å². The van der Waals surface area contributed by atoms with Gasteiger partial charge in [-0.25, -0.2) is 13.1 Å². The highest BCUT2D eigenvalue weighted by Gasteiger charge is 2.26. The number of fused-ring (bicyclic) bond motifs is 1. The quantitative estimate of drug-likeness (QED) is 0.835. The van der Waals surface area contributed by atoms with Gasteiger partial charge in [0.15, 0.2) is 0 Å². The van der Waals surface area contributed by atoms with E-state index in [0.29, 0.717) is 13.0 Å². The summed E-state index contributed by atoms with van der Waals surface area (Å²) in [6.45, 7) is 4.80. The molecule has 0 bridgehead atoms. The third kappa shape index (κ3) is 4.26. The highest BCUT2D eigenvalue weighted by atomic mass is 32.2. The van der Waals surface area contributed by atoms with Gasteiger partial charge in [0.1, 0.15) is 0 Å². The fourth-order valence-electron chi connectivity index (χ4n) is 3.21. The first-order chi connectivity index (χ1) is 11.6. The molecule has 0 aliphatic carbocycles. The van der Waals surface area contributed by atoms with E-state index in [-0.39, 0.29) is 11.8 Å². The predicted molar refractivity (Wildman–Crippen MR) is 96.0 cm³/mol. The second kappa shape index (κ2) is 7.51. The number of nitrogens with zero attached hydrogens (tertiary/aromatic N) is 2. The van der Waals surface area contributed by atoms with Crippen LogP contribution in [0.2, 0.25) is 0 Å². The minimum absolute atomic E-state index is 0.150. The molecule has 2 heterocycles. The normalized spacial score (nSPS) is 18.5. The van der Waals surface area contributed by atoms with Gasteiger partial charge in [0, 0.05) is 44.1 Å². The molecular formula is C18H25N3O2S. The summed E-state index contributed by atoms with van der Waals surface area (Å²) in [5.41, 5.74) is 2.53. The van der Waals surface area contributed by atoms with Crippen LogP contribution in [-0.4, -0.2) is 36.2 Å². The van der Waals surface area contributed by atoms with Crippen molar-refractivity contribution in [3.05, 3.63) is 59.9 Å². The minimum Gasteiger partial charge on any atom is -0.349 e. The molecule has 1 N–H and O–H groups in total. The zero-order chi connectivity index (χ0) is 17.0. The first-order valence-corrected chi connectivity index (χ1v) is 10.1. The standard InChI is InChI=1S/C18H25N3O2S/c1-2-11-24(22,23)19-12-18-15-20-10-6-9-17(20)14-21(18)13-16-7-4-3-5-8-16/h3-10,18-19H,2,11-15H2,1H3. The number of rotatable bonds is 7. The van der Waals surface area contributed by atoms with Crippen molar-refractivity contribution in [3.63, 3.8) is 0 Å². The Bertz CT molecular complexity index is 756. The molecule has 1 aliphatic heterocycles. The molecule has 0 radical (unpaired) electrons. The maximum absolute atomic E-state index is 12.0. The molecule has 0 amide bonds. The maximum Gasteiger partial charge on any atom is 0.211 e. The van der Waals surface area contributed by atoms with Crippen LogP contribution in [0.5, 0.6) is 0 Å². The van der Waals surface area contributed by atoms with Gasteiger partial charge in [0.2, 0.25) is 10.0 Å². The van der Waals surface area contributed by atoms with E-state index in [1.807, 2.05) is 25.1 Å². The largest absolute Gasteiger partial charge is 0.349 e. The van der Waals surface area contributed by atoms with Crippen LogP contribution in [0.4, 0.5) is 0 Å². The zero-order valence-electron chi connectivity index (χ0n) is 14.1. The molecular weight excluding hydrogens is 322 g/mol. The van der Waals surface area contributed by atoms with E-state index in [0.717, 1.165) is 19.6 Å².